The summed E-state index contributed by atoms with van der Waals surface area (Å²) in [4.78, 5) is 0. The summed E-state index contributed by atoms with van der Waals surface area (Å²) in [5, 5.41) is 0. The first-order valence-corrected chi connectivity index (χ1v) is 7.58. The van der Waals surface area contributed by atoms with Crippen molar-refractivity contribution in [2.24, 2.45) is 5.73 Å². The van der Waals surface area contributed by atoms with E-state index in [1.165, 1.54) is 22.3 Å². The fourth-order valence-electron chi connectivity index (χ4n) is 2.67. The largest absolute Gasteiger partial charge is 0.493 e. The highest BCUT2D eigenvalue weighted by molar-refractivity contribution is 5.43. The van der Waals surface area contributed by atoms with Crippen molar-refractivity contribution in [3.8, 4) is 11.5 Å². The van der Waals surface area contributed by atoms with Gasteiger partial charge in [-0.05, 0) is 55.5 Å². The molecule has 0 heterocycles. The SMILES string of the molecule is COc1ccc(CCC(N)c2cc(C)ccc2C)cc1OC. The topological polar surface area (TPSA) is 44.5 Å². The van der Waals surface area contributed by atoms with Gasteiger partial charge in [-0.1, -0.05) is 29.8 Å². The van der Waals surface area contributed by atoms with E-state index in [4.69, 9.17) is 15.2 Å². The summed E-state index contributed by atoms with van der Waals surface area (Å²) in [5.74, 6) is 1.52. The van der Waals surface area contributed by atoms with E-state index in [1.54, 1.807) is 14.2 Å². The Kier molecular flexibility index (Phi) is 5.45. The molecule has 0 saturated heterocycles. The van der Waals surface area contributed by atoms with Crippen molar-refractivity contribution in [2.45, 2.75) is 32.7 Å². The minimum Gasteiger partial charge on any atom is -0.493 e. The van der Waals surface area contributed by atoms with Gasteiger partial charge in [-0.15, -0.1) is 0 Å². The van der Waals surface area contributed by atoms with Crippen molar-refractivity contribution < 1.29 is 9.47 Å². The molecular formula is C19H25NO2. The van der Waals surface area contributed by atoms with Gasteiger partial charge in [0.15, 0.2) is 11.5 Å². The maximum atomic E-state index is 6.38. The lowest BCUT2D eigenvalue weighted by atomic mass is 9.95. The summed E-state index contributed by atoms with van der Waals surface area (Å²) in [6.45, 7) is 4.22. The van der Waals surface area contributed by atoms with E-state index < -0.39 is 0 Å². The minimum atomic E-state index is 0.0491. The van der Waals surface area contributed by atoms with E-state index in [1.807, 2.05) is 12.1 Å². The van der Waals surface area contributed by atoms with Gasteiger partial charge in [0, 0.05) is 6.04 Å². The average molecular weight is 299 g/mol. The van der Waals surface area contributed by atoms with E-state index in [-0.39, 0.29) is 6.04 Å². The molecule has 0 spiro atoms. The van der Waals surface area contributed by atoms with Crippen molar-refractivity contribution in [2.75, 3.05) is 14.2 Å². The molecule has 3 heteroatoms. The Morgan fingerprint density at radius 3 is 2.36 bits per heavy atom. The molecule has 2 rings (SSSR count). The van der Waals surface area contributed by atoms with Crippen molar-refractivity contribution in [1.29, 1.82) is 0 Å². The fourth-order valence-corrected chi connectivity index (χ4v) is 2.67. The van der Waals surface area contributed by atoms with Crippen LogP contribution in [0.5, 0.6) is 11.5 Å². The molecule has 0 aliphatic carbocycles. The van der Waals surface area contributed by atoms with Crippen molar-refractivity contribution in [3.05, 3.63) is 58.7 Å². The lowest BCUT2D eigenvalue weighted by molar-refractivity contribution is 0.354. The molecule has 22 heavy (non-hydrogen) atoms. The van der Waals surface area contributed by atoms with Crippen LogP contribution in [0.4, 0.5) is 0 Å². The molecule has 0 fully saturated rings. The van der Waals surface area contributed by atoms with Crippen molar-refractivity contribution in [3.63, 3.8) is 0 Å². The van der Waals surface area contributed by atoms with Crippen LogP contribution in [0.25, 0.3) is 0 Å². The number of benzene rings is 2. The number of methoxy groups -OCH3 is 2. The third-order valence-corrected chi connectivity index (χ3v) is 4.03. The Labute approximate surface area is 133 Å². The molecule has 0 aliphatic heterocycles. The first-order valence-electron chi connectivity index (χ1n) is 7.58. The third kappa shape index (κ3) is 3.80. The third-order valence-electron chi connectivity index (χ3n) is 4.03. The van der Waals surface area contributed by atoms with Gasteiger partial charge in [0.05, 0.1) is 14.2 Å². The van der Waals surface area contributed by atoms with Crippen LogP contribution in [0.1, 0.15) is 34.7 Å². The highest BCUT2D eigenvalue weighted by Gasteiger charge is 2.11. The summed E-state index contributed by atoms with van der Waals surface area (Å²) < 4.78 is 10.6. The zero-order valence-corrected chi connectivity index (χ0v) is 13.8. The average Bonchev–Trinajstić information content (AvgIpc) is 2.54. The van der Waals surface area contributed by atoms with E-state index in [2.05, 4.69) is 38.1 Å². The molecule has 118 valence electrons. The number of hydrogen-bond donors (Lipinski definition) is 1. The Bertz CT molecular complexity index is 637. The predicted octanol–water partition coefficient (Wildman–Crippen LogP) is 3.95. The van der Waals surface area contributed by atoms with Crippen LogP contribution in [0.2, 0.25) is 0 Å². The second-order valence-electron chi connectivity index (χ2n) is 5.69. The van der Waals surface area contributed by atoms with Gasteiger partial charge in [-0.25, -0.2) is 0 Å². The van der Waals surface area contributed by atoms with Gasteiger partial charge >= 0.3 is 0 Å². The molecule has 0 aliphatic rings. The van der Waals surface area contributed by atoms with E-state index in [0.29, 0.717) is 0 Å². The second-order valence-corrected chi connectivity index (χ2v) is 5.69. The maximum Gasteiger partial charge on any atom is 0.160 e. The highest BCUT2D eigenvalue weighted by Crippen LogP contribution is 2.29. The molecule has 1 atom stereocenters. The lowest BCUT2D eigenvalue weighted by Gasteiger charge is -2.16. The smallest absolute Gasteiger partial charge is 0.160 e. The van der Waals surface area contributed by atoms with Gasteiger partial charge < -0.3 is 15.2 Å². The van der Waals surface area contributed by atoms with Crippen LogP contribution in [0.3, 0.4) is 0 Å². The number of hydrogen-bond acceptors (Lipinski definition) is 3. The Morgan fingerprint density at radius 2 is 1.68 bits per heavy atom. The van der Waals surface area contributed by atoms with Crippen LogP contribution in [-0.4, -0.2) is 14.2 Å². The molecule has 0 saturated carbocycles. The Hall–Kier alpha value is -2.00. The summed E-state index contributed by atoms with van der Waals surface area (Å²) in [5.41, 5.74) is 11.3. The van der Waals surface area contributed by atoms with Gasteiger partial charge in [0.2, 0.25) is 0 Å². The molecule has 0 amide bonds. The van der Waals surface area contributed by atoms with Gasteiger partial charge in [0.25, 0.3) is 0 Å². The van der Waals surface area contributed by atoms with Crippen LogP contribution in [0, 0.1) is 13.8 Å². The van der Waals surface area contributed by atoms with E-state index >= 15 is 0 Å². The van der Waals surface area contributed by atoms with Crippen molar-refractivity contribution >= 4 is 0 Å². The molecule has 0 bridgehead atoms. The monoisotopic (exact) mass is 299 g/mol. The normalized spacial score (nSPS) is 12.0. The second kappa shape index (κ2) is 7.32. The highest BCUT2D eigenvalue weighted by atomic mass is 16.5. The molecule has 0 aromatic heterocycles. The van der Waals surface area contributed by atoms with Crippen LogP contribution < -0.4 is 15.2 Å². The molecular weight excluding hydrogens is 274 g/mol. The van der Waals surface area contributed by atoms with Gasteiger partial charge in [-0.3, -0.25) is 0 Å². The molecule has 2 N–H and O–H groups in total. The Balaban J connectivity index is 2.07. The van der Waals surface area contributed by atoms with Crippen molar-refractivity contribution in [1.82, 2.24) is 0 Å². The van der Waals surface area contributed by atoms with Gasteiger partial charge in [-0.2, -0.15) is 0 Å². The number of ether oxygens (including phenoxy) is 2. The predicted molar refractivity (Wildman–Crippen MR) is 90.7 cm³/mol. The molecule has 1 unspecified atom stereocenters. The van der Waals surface area contributed by atoms with Crippen LogP contribution in [0.15, 0.2) is 36.4 Å². The first kappa shape index (κ1) is 16.4. The first-order chi connectivity index (χ1) is 10.5. The summed E-state index contributed by atoms with van der Waals surface area (Å²) in [7, 11) is 3.30. The summed E-state index contributed by atoms with van der Waals surface area (Å²) in [6.07, 6.45) is 1.81. The number of aryl methyl sites for hydroxylation is 3. The lowest BCUT2D eigenvalue weighted by Crippen LogP contribution is -2.13. The zero-order valence-electron chi connectivity index (χ0n) is 13.8. The standard InChI is InChI=1S/C19H25NO2/c1-13-5-6-14(2)16(11-13)17(20)9-7-15-8-10-18(21-3)19(12-15)22-4/h5-6,8,10-12,17H,7,9,20H2,1-4H3. The Morgan fingerprint density at radius 1 is 0.955 bits per heavy atom. The fraction of sp³-hybridized carbons (Fsp3) is 0.368. The number of nitrogens with two attached hydrogens (primary N) is 1. The summed E-state index contributed by atoms with van der Waals surface area (Å²) in [6, 6.07) is 12.5. The molecule has 0 radical (unpaired) electrons. The molecule has 3 nitrogen and oxygen atoms in total. The molecule has 2 aromatic rings. The zero-order chi connectivity index (χ0) is 16.1. The number of rotatable bonds is 6. The van der Waals surface area contributed by atoms with Crippen LogP contribution >= 0.6 is 0 Å². The van der Waals surface area contributed by atoms with E-state index in [9.17, 15) is 0 Å². The summed E-state index contributed by atoms with van der Waals surface area (Å²) >= 11 is 0. The van der Waals surface area contributed by atoms with E-state index in [0.717, 1.165) is 24.3 Å². The van der Waals surface area contributed by atoms with Gasteiger partial charge in [0.1, 0.15) is 0 Å². The quantitative estimate of drug-likeness (QED) is 0.878. The maximum absolute atomic E-state index is 6.38. The molecule has 2 aromatic carbocycles. The minimum absolute atomic E-state index is 0.0491. The van der Waals surface area contributed by atoms with Crippen LogP contribution in [-0.2, 0) is 6.42 Å².